The third kappa shape index (κ3) is 5.39. The number of hydrogen-bond acceptors (Lipinski definition) is 7. The third-order valence-corrected chi connectivity index (χ3v) is 5.87. The highest BCUT2D eigenvalue weighted by Crippen LogP contribution is 2.26. The minimum Gasteiger partial charge on any atom is -0.494 e. The normalized spacial score (nSPS) is 16.2. The van der Waals surface area contributed by atoms with Crippen molar-refractivity contribution >= 4 is 23.1 Å². The van der Waals surface area contributed by atoms with Gasteiger partial charge in [0.15, 0.2) is 0 Å². The second-order valence-electron chi connectivity index (χ2n) is 7.33. The fraction of sp³-hybridized carbons (Fsp3) is 0.348. The van der Waals surface area contributed by atoms with Crippen molar-refractivity contribution in [3.8, 4) is 16.3 Å². The second kappa shape index (κ2) is 9.89. The van der Waals surface area contributed by atoms with E-state index in [1.54, 1.807) is 5.38 Å². The van der Waals surface area contributed by atoms with Crippen LogP contribution in [0.2, 0.25) is 0 Å². The van der Waals surface area contributed by atoms with Gasteiger partial charge in [0.2, 0.25) is 0 Å². The molecule has 1 N–H and O–H groups in total. The first-order valence-electron chi connectivity index (χ1n) is 10.4. The molecule has 1 fully saturated rings. The Balaban J connectivity index is 1.33. The third-order valence-electron chi connectivity index (χ3n) is 4.98. The summed E-state index contributed by atoms with van der Waals surface area (Å²) in [4.78, 5) is 23.8. The van der Waals surface area contributed by atoms with E-state index in [2.05, 4.69) is 27.1 Å². The second-order valence-corrected chi connectivity index (χ2v) is 8.19. The van der Waals surface area contributed by atoms with Gasteiger partial charge in [0, 0.05) is 36.8 Å². The summed E-state index contributed by atoms with van der Waals surface area (Å²) < 4.78 is 11.0. The fourth-order valence-corrected chi connectivity index (χ4v) is 4.18. The standard InChI is InChI=1S/C23H26N4O3S/c1-3-29-19-7-5-18(6-8-19)23-26-20(15-31-23)22(28)25-13-17-4-9-21(24-12-17)27-10-11-30-16(2)14-27/h4-9,12,15-16H,3,10-11,13-14H2,1-2H3,(H,25,28). The first-order valence-corrected chi connectivity index (χ1v) is 11.3. The van der Waals surface area contributed by atoms with E-state index in [-0.39, 0.29) is 12.0 Å². The molecule has 0 bridgehead atoms. The van der Waals surface area contributed by atoms with E-state index in [4.69, 9.17) is 9.47 Å². The van der Waals surface area contributed by atoms with Crippen molar-refractivity contribution < 1.29 is 14.3 Å². The van der Waals surface area contributed by atoms with Crippen LogP contribution in [0.1, 0.15) is 29.9 Å². The van der Waals surface area contributed by atoms with E-state index in [1.807, 2.05) is 49.5 Å². The predicted molar refractivity (Wildman–Crippen MR) is 122 cm³/mol. The van der Waals surface area contributed by atoms with Crippen LogP contribution in [0.3, 0.4) is 0 Å². The molecule has 162 valence electrons. The molecule has 1 aliphatic rings. The molecule has 7 nitrogen and oxygen atoms in total. The van der Waals surface area contributed by atoms with Gasteiger partial charge in [0.05, 0.1) is 19.3 Å². The summed E-state index contributed by atoms with van der Waals surface area (Å²) in [6, 6.07) is 11.7. The van der Waals surface area contributed by atoms with E-state index in [1.165, 1.54) is 11.3 Å². The number of carbonyl (C=O) groups excluding carboxylic acids is 1. The quantitative estimate of drug-likeness (QED) is 0.605. The molecule has 4 rings (SSSR count). The van der Waals surface area contributed by atoms with Crippen molar-refractivity contribution in [1.82, 2.24) is 15.3 Å². The lowest BCUT2D eigenvalue weighted by Crippen LogP contribution is -2.41. The van der Waals surface area contributed by atoms with Gasteiger partial charge in [-0.25, -0.2) is 9.97 Å². The van der Waals surface area contributed by atoms with Gasteiger partial charge in [-0.2, -0.15) is 0 Å². The Morgan fingerprint density at radius 2 is 2.13 bits per heavy atom. The first-order chi connectivity index (χ1) is 15.1. The van der Waals surface area contributed by atoms with E-state index in [0.29, 0.717) is 25.5 Å². The Kier molecular flexibility index (Phi) is 6.79. The Morgan fingerprint density at radius 1 is 1.29 bits per heavy atom. The van der Waals surface area contributed by atoms with Crippen molar-refractivity contribution in [2.24, 2.45) is 0 Å². The minimum atomic E-state index is -0.195. The van der Waals surface area contributed by atoms with Gasteiger partial charge >= 0.3 is 0 Å². The van der Waals surface area contributed by atoms with Crippen molar-refractivity contribution in [1.29, 1.82) is 0 Å². The maximum absolute atomic E-state index is 12.5. The highest BCUT2D eigenvalue weighted by atomic mass is 32.1. The molecule has 0 radical (unpaired) electrons. The van der Waals surface area contributed by atoms with Gasteiger partial charge < -0.3 is 19.7 Å². The number of pyridine rings is 1. The molecule has 3 heterocycles. The molecular weight excluding hydrogens is 412 g/mol. The number of nitrogens with one attached hydrogen (secondary N) is 1. The summed E-state index contributed by atoms with van der Waals surface area (Å²) >= 11 is 1.45. The van der Waals surface area contributed by atoms with E-state index < -0.39 is 0 Å². The van der Waals surface area contributed by atoms with Crippen molar-refractivity contribution in [3.05, 3.63) is 59.2 Å². The molecule has 8 heteroatoms. The summed E-state index contributed by atoms with van der Waals surface area (Å²) in [5.74, 6) is 1.56. The lowest BCUT2D eigenvalue weighted by Gasteiger charge is -2.32. The molecule has 31 heavy (non-hydrogen) atoms. The lowest BCUT2D eigenvalue weighted by atomic mass is 10.2. The van der Waals surface area contributed by atoms with Crippen LogP contribution in [-0.2, 0) is 11.3 Å². The van der Waals surface area contributed by atoms with E-state index in [9.17, 15) is 4.79 Å². The zero-order valence-corrected chi connectivity index (χ0v) is 18.5. The van der Waals surface area contributed by atoms with Gasteiger partial charge in [-0.15, -0.1) is 11.3 Å². The maximum atomic E-state index is 12.5. The summed E-state index contributed by atoms with van der Waals surface area (Å²) in [5, 5.41) is 5.51. The van der Waals surface area contributed by atoms with Gasteiger partial charge in [-0.1, -0.05) is 6.07 Å². The number of carbonyl (C=O) groups is 1. The fourth-order valence-electron chi connectivity index (χ4n) is 3.38. The smallest absolute Gasteiger partial charge is 0.271 e. The van der Waals surface area contributed by atoms with E-state index >= 15 is 0 Å². The average Bonchev–Trinajstić information content (AvgIpc) is 3.29. The zero-order chi connectivity index (χ0) is 21.6. The van der Waals surface area contributed by atoms with Gasteiger partial charge in [-0.05, 0) is 49.7 Å². The predicted octanol–water partition coefficient (Wildman–Crippen LogP) is 3.76. The molecule has 1 aromatic carbocycles. The molecule has 1 amide bonds. The molecule has 2 aromatic heterocycles. The summed E-state index contributed by atoms with van der Waals surface area (Å²) in [6.07, 6.45) is 2.02. The number of rotatable bonds is 7. The van der Waals surface area contributed by atoms with E-state index in [0.717, 1.165) is 40.8 Å². The zero-order valence-electron chi connectivity index (χ0n) is 17.7. The Morgan fingerprint density at radius 3 is 2.84 bits per heavy atom. The molecule has 0 aliphatic carbocycles. The SMILES string of the molecule is CCOc1ccc(-c2nc(C(=O)NCc3ccc(N4CCOC(C)C4)nc3)cs2)cc1. The minimum absolute atomic E-state index is 0.195. The summed E-state index contributed by atoms with van der Waals surface area (Å²) in [7, 11) is 0. The van der Waals surface area contributed by atoms with Crippen LogP contribution in [-0.4, -0.2) is 48.3 Å². The average molecular weight is 439 g/mol. The number of thiazole rings is 1. The van der Waals surface area contributed by atoms with Crippen LogP contribution in [0.5, 0.6) is 5.75 Å². The molecule has 1 unspecified atom stereocenters. The van der Waals surface area contributed by atoms with Crippen molar-refractivity contribution in [2.45, 2.75) is 26.5 Å². The summed E-state index contributed by atoms with van der Waals surface area (Å²) in [6.45, 7) is 7.45. The number of aromatic nitrogens is 2. The maximum Gasteiger partial charge on any atom is 0.271 e. The highest BCUT2D eigenvalue weighted by molar-refractivity contribution is 7.13. The number of morpholine rings is 1. The van der Waals surface area contributed by atoms with Crippen LogP contribution in [0.4, 0.5) is 5.82 Å². The van der Waals surface area contributed by atoms with Crippen LogP contribution >= 0.6 is 11.3 Å². The number of amides is 1. The Bertz CT molecular complexity index is 1000. The molecule has 0 spiro atoms. The molecule has 0 saturated carbocycles. The molecule has 1 saturated heterocycles. The lowest BCUT2D eigenvalue weighted by molar-refractivity contribution is 0.0529. The molecule has 1 atom stereocenters. The number of anilines is 1. The summed E-state index contributed by atoms with van der Waals surface area (Å²) in [5.41, 5.74) is 2.32. The topological polar surface area (TPSA) is 76.6 Å². The van der Waals surface area contributed by atoms with Crippen LogP contribution in [0.15, 0.2) is 48.0 Å². The number of hydrogen-bond donors (Lipinski definition) is 1. The molecule has 1 aliphatic heterocycles. The molecule has 3 aromatic rings. The van der Waals surface area contributed by atoms with Crippen LogP contribution in [0, 0.1) is 0 Å². The van der Waals surface area contributed by atoms with Crippen LogP contribution in [0.25, 0.3) is 10.6 Å². The van der Waals surface area contributed by atoms with Crippen LogP contribution < -0.4 is 15.0 Å². The van der Waals surface area contributed by atoms with Crippen molar-refractivity contribution in [2.75, 3.05) is 31.2 Å². The highest BCUT2D eigenvalue weighted by Gasteiger charge is 2.18. The number of ether oxygens (including phenoxy) is 2. The van der Waals surface area contributed by atoms with Gasteiger partial charge in [-0.3, -0.25) is 4.79 Å². The first kappa shape index (κ1) is 21.3. The van der Waals surface area contributed by atoms with Gasteiger partial charge in [0.25, 0.3) is 5.91 Å². The van der Waals surface area contributed by atoms with Crippen molar-refractivity contribution in [3.63, 3.8) is 0 Å². The largest absolute Gasteiger partial charge is 0.494 e. The monoisotopic (exact) mass is 438 g/mol. The Labute approximate surface area is 186 Å². The number of nitrogens with zero attached hydrogens (tertiary/aromatic N) is 3. The number of benzene rings is 1. The van der Waals surface area contributed by atoms with Gasteiger partial charge in [0.1, 0.15) is 22.3 Å². The Hall–Kier alpha value is -2.97. The molecular formula is C23H26N4O3S.